The summed E-state index contributed by atoms with van der Waals surface area (Å²) < 4.78 is 18.5. The fourth-order valence-corrected chi connectivity index (χ4v) is 1.15. The van der Waals surface area contributed by atoms with Gasteiger partial charge in [-0.1, -0.05) is 0 Å². The Kier molecular flexibility index (Phi) is 2.11. The number of hydrogen-bond acceptors (Lipinski definition) is 2. The first-order valence-electron chi connectivity index (χ1n) is 4.43. The largest absolute Gasteiger partial charge is 0.490 e. The second kappa shape index (κ2) is 3.29. The molecule has 1 amide bonds. The van der Waals surface area contributed by atoms with Crippen molar-refractivity contribution in [1.29, 1.82) is 0 Å². The predicted molar refractivity (Wildman–Crippen MR) is 48.6 cm³/mol. The summed E-state index contributed by atoms with van der Waals surface area (Å²) in [5.41, 5.74) is 4.85. The van der Waals surface area contributed by atoms with Gasteiger partial charge in [0.05, 0.1) is 11.7 Å². The van der Waals surface area contributed by atoms with Gasteiger partial charge in [-0.2, -0.15) is 0 Å². The summed E-state index contributed by atoms with van der Waals surface area (Å²) in [4.78, 5) is 10.7. The predicted octanol–water partition coefficient (Wildman–Crippen LogP) is 1.47. The Morgan fingerprint density at radius 2 is 2.21 bits per heavy atom. The molecule has 3 nitrogen and oxygen atoms in total. The molecule has 0 saturated heterocycles. The lowest BCUT2D eigenvalue weighted by atomic mass is 10.2. The summed E-state index contributed by atoms with van der Waals surface area (Å²) in [6.07, 6.45) is 2.24. The molecule has 1 aliphatic rings. The molecule has 0 bridgehead atoms. The number of hydrogen-bond donors (Lipinski definition) is 1. The van der Waals surface area contributed by atoms with Crippen LogP contribution in [-0.2, 0) is 0 Å². The average molecular weight is 195 g/mol. The number of benzene rings is 1. The summed E-state index contributed by atoms with van der Waals surface area (Å²) in [6, 6.07) is 4.09. The van der Waals surface area contributed by atoms with E-state index >= 15 is 0 Å². The third-order valence-corrected chi connectivity index (χ3v) is 2.03. The van der Waals surface area contributed by atoms with E-state index in [9.17, 15) is 9.18 Å². The van der Waals surface area contributed by atoms with E-state index in [1.54, 1.807) is 6.07 Å². The van der Waals surface area contributed by atoms with E-state index in [1.165, 1.54) is 12.1 Å². The van der Waals surface area contributed by atoms with Crippen LogP contribution in [-0.4, -0.2) is 12.0 Å². The van der Waals surface area contributed by atoms with Gasteiger partial charge in [-0.15, -0.1) is 0 Å². The first kappa shape index (κ1) is 8.99. The van der Waals surface area contributed by atoms with Gasteiger partial charge in [-0.25, -0.2) is 4.39 Å². The van der Waals surface area contributed by atoms with Crippen LogP contribution in [0.25, 0.3) is 0 Å². The van der Waals surface area contributed by atoms with Gasteiger partial charge < -0.3 is 10.5 Å². The van der Waals surface area contributed by atoms with Crippen LogP contribution in [0.3, 0.4) is 0 Å². The van der Waals surface area contributed by atoms with Crippen molar-refractivity contribution >= 4 is 5.91 Å². The zero-order valence-electron chi connectivity index (χ0n) is 7.50. The third kappa shape index (κ3) is 1.84. The second-order valence-corrected chi connectivity index (χ2v) is 3.32. The summed E-state index contributed by atoms with van der Waals surface area (Å²) in [5, 5.41) is 0. The van der Waals surface area contributed by atoms with Gasteiger partial charge in [0.1, 0.15) is 11.6 Å². The number of carbonyl (C=O) groups is 1. The van der Waals surface area contributed by atoms with E-state index < -0.39 is 11.7 Å². The Morgan fingerprint density at radius 1 is 1.50 bits per heavy atom. The van der Waals surface area contributed by atoms with E-state index in [1.807, 2.05) is 0 Å². The van der Waals surface area contributed by atoms with Gasteiger partial charge >= 0.3 is 0 Å². The van der Waals surface area contributed by atoms with Crippen molar-refractivity contribution in [1.82, 2.24) is 0 Å². The van der Waals surface area contributed by atoms with Gasteiger partial charge in [-0.3, -0.25) is 4.79 Å². The minimum absolute atomic E-state index is 0.104. The molecule has 0 spiro atoms. The van der Waals surface area contributed by atoms with Crippen LogP contribution in [0.15, 0.2) is 18.2 Å². The summed E-state index contributed by atoms with van der Waals surface area (Å²) in [7, 11) is 0. The standard InChI is InChI=1S/C10H10FNO2/c11-9-5-7(14-6-1-2-6)3-4-8(9)10(12)13/h3-6H,1-2H2,(H2,12,13). The molecule has 0 unspecified atom stereocenters. The molecule has 0 radical (unpaired) electrons. The van der Waals surface area contributed by atoms with Crippen LogP contribution in [0, 0.1) is 5.82 Å². The van der Waals surface area contributed by atoms with Crippen LogP contribution >= 0.6 is 0 Å². The number of carbonyl (C=O) groups excluding carboxylic acids is 1. The maximum atomic E-state index is 13.2. The Bertz CT molecular complexity index is 374. The highest BCUT2D eigenvalue weighted by Crippen LogP contribution is 2.27. The lowest BCUT2D eigenvalue weighted by Gasteiger charge is -2.05. The van der Waals surface area contributed by atoms with Crippen molar-refractivity contribution in [2.24, 2.45) is 5.73 Å². The minimum Gasteiger partial charge on any atom is -0.490 e. The van der Waals surface area contributed by atoms with Gasteiger partial charge in [0.15, 0.2) is 0 Å². The number of nitrogens with two attached hydrogens (primary N) is 1. The van der Waals surface area contributed by atoms with E-state index in [2.05, 4.69) is 0 Å². The highest BCUT2D eigenvalue weighted by molar-refractivity contribution is 5.93. The van der Waals surface area contributed by atoms with E-state index in [0.29, 0.717) is 5.75 Å². The van der Waals surface area contributed by atoms with Gasteiger partial charge in [-0.05, 0) is 25.0 Å². The van der Waals surface area contributed by atoms with Crippen LogP contribution in [0.4, 0.5) is 4.39 Å². The fraction of sp³-hybridized carbons (Fsp3) is 0.300. The summed E-state index contributed by atoms with van der Waals surface area (Å²) >= 11 is 0. The Hall–Kier alpha value is -1.58. The van der Waals surface area contributed by atoms with Crippen molar-refractivity contribution in [2.75, 3.05) is 0 Å². The molecule has 1 fully saturated rings. The van der Waals surface area contributed by atoms with Crippen molar-refractivity contribution in [3.05, 3.63) is 29.6 Å². The number of rotatable bonds is 3. The summed E-state index contributed by atoms with van der Waals surface area (Å²) in [5.74, 6) is -0.939. The molecular weight excluding hydrogens is 185 g/mol. The van der Waals surface area contributed by atoms with Gasteiger partial charge in [0, 0.05) is 6.07 Å². The first-order chi connectivity index (χ1) is 6.66. The van der Waals surface area contributed by atoms with Crippen LogP contribution in [0.2, 0.25) is 0 Å². The Morgan fingerprint density at radius 3 is 2.71 bits per heavy atom. The first-order valence-corrected chi connectivity index (χ1v) is 4.43. The van der Waals surface area contributed by atoms with E-state index in [0.717, 1.165) is 12.8 Å². The van der Waals surface area contributed by atoms with Crippen molar-refractivity contribution in [3.8, 4) is 5.75 Å². The molecule has 74 valence electrons. The maximum absolute atomic E-state index is 13.2. The quantitative estimate of drug-likeness (QED) is 0.793. The molecule has 1 saturated carbocycles. The lowest BCUT2D eigenvalue weighted by Crippen LogP contribution is -2.13. The lowest BCUT2D eigenvalue weighted by molar-refractivity contribution is 0.0996. The molecule has 0 aliphatic heterocycles. The van der Waals surface area contributed by atoms with Crippen LogP contribution in [0.1, 0.15) is 23.2 Å². The maximum Gasteiger partial charge on any atom is 0.251 e. The summed E-state index contributed by atoms with van der Waals surface area (Å²) in [6.45, 7) is 0. The van der Waals surface area contributed by atoms with E-state index in [-0.39, 0.29) is 11.7 Å². The number of amides is 1. The Labute approximate surface area is 80.7 Å². The third-order valence-electron chi connectivity index (χ3n) is 2.03. The smallest absolute Gasteiger partial charge is 0.251 e. The van der Waals surface area contributed by atoms with E-state index in [4.69, 9.17) is 10.5 Å². The average Bonchev–Trinajstić information content (AvgIpc) is 2.87. The van der Waals surface area contributed by atoms with Crippen LogP contribution in [0.5, 0.6) is 5.75 Å². The van der Waals surface area contributed by atoms with Crippen molar-refractivity contribution < 1.29 is 13.9 Å². The SMILES string of the molecule is NC(=O)c1ccc(OC2CC2)cc1F. The van der Waals surface area contributed by atoms with Crippen molar-refractivity contribution in [2.45, 2.75) is 18.9 Å². The van der Waals surface area contributed by atoms with Gasteiger partial charge in [0.25, 0.3) is 5.91 Å². The molecule has 0 heterocycles. The minimum atomic E-state index is -0.763. The molecule has 1 aromatic rings. The highest BCUT2D eigenvalue weighted by Gasteiger charge is 2.23. The second-order valence-electron chi connectivity index (χ2n) is 3.32. The molecule has 1 aliphatic carbocycles. The zero-order valence-corrected chi connectivity index (χ0v) is 7.50. The normalized spacial score (nSPS) is 15.2. The fourth-order valence-electron chi connectivity index (χ4n) is 1.15. The monoisotopic (exact) mass is 195 g/mol. The van der Waals surface area contributed by atoms with Crippen LogP contribution < -0.4 is 10.5 Å². The van der Waals surface area contributed by atoms with Crippen molar-refractivity contribution in [3.63, 3.8) is 0 Å². The van der Waals surface area contributed by atoms with Gasteiger partial charge in [0.2, 0.25) is 0 Å². The Balaban J connectivity index is 2.20. The molecule has 4 heteroatoms. The zero-order chi connectivity index (χ0) is 10.1. The number of ether oxygens (including phenoxy) is 1. The topological polar surface area (TPSA) is 52.3 Å². The molecule has 0 aromatic heterocycles. The number of halogens is 1. The molecule has 2 rings (SSSR count). The highest BCUT2D eigenvalue weighted by atomic mass is 19.1. The number of primary amides is 1. The molecule has 0 atom stereocenters. The molecule has 2 N–H and O–H groups in total. The molecular formula is C10H10FNO2. The molecule has 14 heavy (non-hydrogen) atoms. The molecule has 1 aromatic carbocycles.